The van der Waals surface area contributed by atoms with E-state index in [1.807, 2.05) is 24.3 Å². The van der Waals surface area contributed by atoms with Gasteiger partial charge in [-0.2, -0.15) is 9.64 Å². The van der Waals surface area contributed by atoms with E-state index in [4.69, 9.17) is 10.00 Å². The van der Waals surface area contributed by atoms with Gasteiger partial charge in [0.25, 0.3) is 0 Å². The average Bonchev–Trinajstić information content (AvgIpc) is 2.70. The number of hydrogen-bond acceptors (Lipinski definition) is 5. The van der Waals surface area contributed by atoms with Crippen LogP contribution in [0.25, 0.3) is 0 Å². The predicted octanol–water partition coefficient (Wildman–Crippen LogP) is 3.53. The van der Waals surface area contributed by atoms with E-state index in [-0.39, 0.29) is 0 Å². The third-order valence-electron chi connectivity index (χ3n) is 2.12. The van der Waals surface area contributed by atoms with Gasteiger partial charge in [-0.3, -0.25) is 0 Å². The summed E-state index contributed by atoms with van der Waals surface area (Å²) in [6.45, 7) is 0. The molecule has 0 aliphatic heterocycles. The van der Waals surface area contributed by atoms with Crippen molar-refractivity contribution < 1.29 is 4.74 Å². The maximum Gasteiger partial charge on any atom is 0.142 e. The molecule has 1 N–H and O–H groups in total. The first-order valence-corrected chi connectivity index (χ1v) is 6.28. The van der Waals surface area contributed by atoms with Crippen molar-refractivity contribution >= 4 is 38.2 Å². The van der Waals surface area contributed by atoms with Crippen LogP contribution in [0.15, 0.2) is 28.9 Å². The summed E-state index contributed by atoms with van der Waals surface area (Å²) >= 11 is 4.46. The van der Waals surface area contributed by atoms with E-state index in [1.165, 1.54) is 11.5 Å². The van der Waals surface area contributed by atoms with Crippen LogP contribution < -0.4 is 10.1 Å². The molecule has 2 rings (SSSR count). The van der Waals surface area contributed by atoms with E-state index in [0.29, 0.717) is 15.2 Å². The standard InChI is InChI=1S/C11H8BrN3OS/c1-16-9-5-3-2-4-8(9)14-11-7(6-13)10(12)15-17-11/h2-5,14H,1H3. The normalized spacial score (nSPS) is 9.71. The maximum absolute atomic E-state index is 9.01. The number of nitrogens with one attached hydrogen (secondary N) is 1. The van der Waals surface area contributed by atoms with E-state index in [1.54, 1.807) is 7.11 Å². The van der Waals surface area contributed by atoms with Crippen LogP contribution in [-0.2, 0) is 0 Å². The first kappa shape index (κ1) is 11.9. The monoisotopic (exact) mass is 309 g/mol. The lowest BCUT2D eigenvalue weighted by Crippen LogP contribution is -1.93. The number of nitriles is 1. The smallest absolute Gasteiger partial charge is 0.142 e. The predicted molar refractivity (Wildman–Crippen MR) is 70.8 cm³/mol. The number of aromatic nitrogens is 1. The van der Waals surface area contributed by atoms with Crippen molar-refractivity contribution in [3.8, 4) is 11.8 Å². The maximum atomic E-state index is 9.01. The Morgan fingerprint density at radius 1 is 1.47 bits per heavy atom. The highest BCUT2D eigenvalue weighted by molar-refractivity contribution is 9.10. The van der Waals surface area contributed by atoms with Crippen LogP contribution in [0.5, 0.6) is 5.75 Å². The first-order chi connectivity index (χ1) is 8.26. The Bertz CT molecular complexity index is 576. The van der Waals surface area contributed by atoms with Gasteiger partial charge >= 0.3 is 0 Å². The summed E-state index contributed by atoms with van der Waals surface area (Å²) < 4.78 is 9.85. The van der Waals surface area contributed by atoms with Gasteiger partial charge < -0.3 is 10.1 Å². The van der Waals surface area contributed by atoms with Crippen molar-refractivity contribution in [2.75, 3.05) is 12.4 Å². The molecule has 0 atom stereocenters. The lowest BCUT2D eigenvalue weighted by molar-refractivity contribution is 0.417. The van der Waals surface area contributed by atoms with E-state index in [0.717, 1.165) is 11.4 Å². The quantitative estimate of drug-likeness (QED) is 0.942. The summed E-state index contributed by atoms with van der Waals surface area (Å²) in [6, 6.07) is 9.62. The van der Waals surface area contributed by atoms with E-state index >= 15 is 0 Å². The number of para-hydroxylation sites is 2. The van der Waals surface area contributed by atoms with Crippen LogP contribution in [0.3, 0.4) is 0 Å². The molecule has 86 valence electrons. The average molecular weight is 310 g/mol. The Balaban J connectivity index is 2.35. The topological polar surface area (TPSA) is 57.9 Å². The molecule has 0 saturated carbocycles. The fourth-order valence-electron chi connectivity index (χ4n) is 1.32. The number of ether oxygens (including phenoxy) is 1. The number of anilines is 2. The second-order valence-electron chi connectivity index (χ2n) is 3.11. The Morgan fingerprint density at radius 2 is 2.24 bits per heavy atom. The molecule has 0 aliphatic rings. The molecule has 6 heteroatoms. The third kappa shape index (κ3) is 2.40. The Kier molecular flexibility index (Phi) is 3.61. The third-order valence-corrected chi connectivity index (χ3v) is 3.69. The molecule has 0 spiro atoms. The van der Waals surface area contributed by atoms with Crippen molar-refractivity contribution in [1.82, 2.24) is 4.37 Å². The molecular weight excluding hydrogens is 302 g/mol. The number of hydrogen-bond donors (Lipinski definition) is 1. The van der Waals surface area contributed by atoms with Gasteiger partial charge in [0.1, 0.15) is 27.0 Å². The summed E-state index contributed by atoms with van der Waals surface area (Å²) in [6.07, 6.45) is 0. The SMILES string of the molecule is COc1ccccc1Nc1snc(Br)c1C#N. The van der Waals surface area contributed by atoms with E-state index in [2.05, 4.69) is 31.7 Å². The second kappa shape index (κ2) is 5.17. The van der Waals surface area contributed by atoms with E-state index in [9.17, 15) is 0 Å². The van der Waals surface area contributed by atoms with Crippen molar-refractivity contribution in [1.29, 1.82) is 5.26 Å². The molecule has 0 unspecified atom stereocenters. The molecule has 4 nitrogen and oxygen atoms in total. The van der Waals surface area contributed by atoms with Gasteiger partial charge in [-0.05, 0) is 39.6 Å². The largest absolute Gasteiger partial charge is 0.495 e. The zero-order chi connectivity index (χ0) is 12.3. The van der Waals surface area contributed by atoms with Crippen LogP contribution in [0.1, 0.15) is 5.56 Å². The zero-order valence-electron chi connectivity index (χ0n) is 8.90. The van der Waals surface area contributed by atoms with Crippen LogP contribution in [-0.4, -0.2) is 11.5 Å². The number of halogens is 1. The molecule has 0 aliphatic carbocycles. The highest BCUT2D eigenvalue weighted by Gasteiger charge is 2.12. The van der Waals surface area contributed by atoms with Crippen LogP contribution in [0, 0.1) is 11.3 Å². The van der Waals surface area contributed by atoms with Crippen LogP contribution in [0.4, 0.5) is 10.7 Å². The van der Waals surface area contributed by atoms with Crippen molar-refractivity contribution in [3.63, 3.8) is 0 Å². The highest BCUT2D eigenvalue weighted by atomic mass is 79.9. The number of rotatable bonds is 3. The molecule has 0 amide bonds. The lowest BCUT2D eigenvalue weighted by atomic mass is 10.3. The van der Waals surface area contributed by atoms with Gasteiger partial charge in [0.15, 0.2) is 0 Å². The second-order valence-corrected chi connectivity index (χ2v) is 4.64. The number of benzene rings is 1. The molecule has 1 aromatic carbocycles. The van der Waals surface area contributed by atoms with E-state index < -0.39 is 0 Å². The first-order valence-electron chi connectivity index (χ1n) is 4.71. The Labute approximate surface area is 111 Å². The minimum absolute atomic E-state index is 0.501. The molecule has 0 fully saturated rings. The molecule has 17 heavy (non-hydrogen) atoms. The van der Waals surface area contributed by atoms with Gasteiger partial charge in [-0.15, -0.1) is 0 Å². The highest BCUT2D eigenvalue weighted by Crippen LogP contribution is 2.33. The molecule has 1 heterocycles. The van der Waals surface area contributed by atoms with Gasteiger partial charge in [0.2, 0.25) is 0 Å². The zero-order valence-corrected chi connectivity index (χ0v) is 11.3. The molecule has 2 aromatic rings. The Hall–Kier alpha value is -1.58. The van der Waals surface area contributed by atoms with Crippen LogP contribution >= 0.6 is 27.5 Å². The minimum atomic E-state index is 0.501. The van der Waals surface area contributed by atoms with Crippen LogP contribution in [0.2, 0.25) is 0 Å². The summed E-state index contributed by atoms with van der Waals surface area (Å²) in [4.78, 5) is 0. The Morgan fingerprint density at radius 3 is 2.94 bits per heavy atom. The molecular formula is C11H8BrN3OS. The molecule has 0 bridgehead atoms. The summed E-state index contributed by atoms with van der Waals surface area (Å²) in [5.74, 6) is 0.723. The lowest BCUT2D eigenvalue weighted by Gasteiger charge is -2.08. The van der Waals surface area contributed by atoms with Gasteiger partial charge in [0.05, 0.1) is 12.8 Å². The molecule has 0 saturated heterocycles. The fourth-order valence-corrected chi connectivity index (χ4v) is 2.61. The summed E-state index contributed by atoms with van der Waals surface area (Å²) in [5, 5.41) is 12.8. The number of methoxy groups -OCH3 is 1. The van der Waals surface area contributed by atoms with Gasteiger partial charge in [0, 0.05) is 0 Å². The summed E-state index contributed by atoms with van der Waals surface area (Å²) in [7, 11) is 1.61. The van der Waals surface area contributed by atoms with Crippen molar-refractivity contribution in [2.45, 2.75) is 0 Å². The molecule has 1 aromatic heterocycles. The minimum Gasteiger partial charge on any atom is -0.495 e. The fraction of sp³-hybridized carbons (Fsp3) is 0.0909. The van der Waals surface area contributed by atoms with Gasteiger partial charge in [-0.1, -0.05) is 12.1 Å². The molecule has 0 radical (unpaired) electrons. The van der Waals surface area contributed by atoms with Gasteiger partial charge in [-0.25, -0.2) is 0 Å². The number of nitrogens with zero attached hydrogens (tertiary/aromatic N) is 2. The van der Waals surface area contributed by atoms with Crippen molar-refractivity contribution in [2.24, 2.45) is 0 Å². The van der Waals surface area contributed by atoms with Crippen molar-refractivity contribution in [3.05, 3.63) is 34.4 Å². The summed E-state index contributed by atoms with van der Waals surface area (Å²) in [5.41, 5.74) is 1.31.